The van der Waals surface area contributed by atoms with Crippen LogP contribution in [0.15, 0.2) is 0 Å². The lowest BCUT2D eigenvalue weighted by Crippen LogP contribution is -2.41. The molecule has 0 aliphatic heterocycles. The Balaban J connectivity index is 1.90. The molecule has 0 bridgehead atoms. The predicted molar refractivity (Wildman–Crippen MR) is 81.2 cm³/mol. The Morgan fingerprint density at radius 1 is 1.35 bits per heavy atom. The van der Waals surface area contributed by atoms with Crippen LogP contribution in [0.5, 0.6) is 0 Å². The van der Waals surface area contributed by atoms with Gasteiger partial charge in [-0.3, -0.25) is 4.79 Å². The van der Waals surface area contributed by atoms with Gasteiger partial charge in [0.05, 0.1) is 6.42 Å². The lowest BCUT2D eigenvalue weighted by atomic mass is 9.67. The summed E-state index contributed by atoms with van der Waals surface area (Å²) in [5.74, 6) is 1.78. The smallest absolute Gasteiger partial charge is 0.306 e. The van der Waals surface area contributed by atoms with Gasteiger partial charge in [0.15, 0.2) is 0 Å². The van der Waals surface area contributed by atoms with Crippen molar-refractivity contribution in [2.45, 2.75) is 71.8 Å². The molecule has 0 heterocycles. The maximum Gasteiger partial charge on any atom is 0.306 e. The molecular weight excluding hydrogens is 250 g/mol. The highest BCUT2D eigenvalue weighted by molar-refractivity contribution is 5.70. The molecule has 3 nitrogen and oxygen atoms in total. The van der Waals surface area contributed by atoms with E-state index in [1.807, 2.05) is 0 Å². The fourth-order valence-electron chi connectivity index (χ4n) is 3.90. The van der Waals surface area contributed by atoms with Crippen molar-refractivity contribution in [3.8, 4) is 0 Å². The Hall–Kier alpha value is -0.570. The Bertz CT molecular complexity index is 330. The van der Waals surface area contributed by atoms with Crippen molar-refractivity contribution in [3.63, 3.8) is 0 Å². The molecule has 116 valence electrons. The van der Waals surface area contributed by atoms with Crippen molar-refractivity contribution in [2.24, 2.45) is 28.9 Å². The first-order chi connectivity index (χ1) is 9.46. The monoisotopic (exact) mass is 281 g/mol. The van der Waals surface area contributed by atoms with Gasteiger partial charge in [0.2, 0.25) is 0 Å². The SMILES string of the molecule is CC1CCC(C(C)C)C(OC(=O)CC2(CN)CCC2)C1. The molecule has 2 aliphatic carbocycles. The molecule has 2 aliphatic rings. The zero-order chi connectivity index (χ0) is 14.8. The summed E-state index contributed by atoms with van der Waals surface area (Å²) in [6.07, 6.45) is 7.53. The van der Waals surface area contributed by atoms with Gasteiger partial charge < -0.3 is 10.5 Å². The second-order valence-corrected chi connectivity index (χ2v) is 7.59. The first-order valence-corrected chi connectivity index (χ1v) is 8.35. The first-order valence-electron chi connectivity index (χ1n) is 8.35. The highest BCUT2D eigenvalue weighted by atomic mass is 16.5. The summed E-state index contributed by atoms with van der Waals surface area (Å²) in [4.78, 5) is 12.3. The summed E-state index contributed by atoms with van der Waals surface area (Å²) in [5.41, 5.74) is 5.90. The molecule has 0 aromatic rings. The number of hydrogen-bond donors (Lipinski definition) is 1. The van der Waals surface area contributed by atoms with Crippen molar-refractivity contribution in [1.82, 2.24) is 0 Å². The molecular formula is C17H31NO2. The van der Waals surface area contributed by atoms with E-state index in [1.165, 1.54) is 19.3 Å². The van der Waals surface area contributed by atoms with Crippen LogP contribution in [0.1, 0.15) is 65.7 Å². The van der Waals surface area contributed by atoms with Gasteiger partial charge in [-0.1, -0.05) is 33.6 Å². The molecule has 0 aromatic heterocycles. The Morgan fingerprint density at radius 2 is 2.05 bits per heavy atom. The van der Waals surface area contributed by atoms with Crippen molar-refractivity contribution >= 4 is 5.97 Å². The van der Waals surface area contributed by atoms with Gasteiger partial charge in [-0.2, -0.15) is 0 Å². The molecule has 3 unspecified atom stereocenters. The molecule has 0 radical (unpaired) electrons. The van der Waals surface area contributed by atoms with E-state index in [0.717, 1.165) is 19.3 Å². The van der Waals surface area contributed by atoms with Gasteiger partial charge in [-0.15, -0.1) is 0 Å². The van der Waals surface area contributed by atoms with Crippen molar-refractivity contribution in [3.05, 3.63) is 0 Å². The highest BCUT2D eigenvalue weighted by Crippen LogP contribution is 2.43. The van der Waals surface area contributed by atoms with E-state index in [9.17, 15) is 4.79 Å². The van der Waals surface area contributed by atoms with Crippen molar-refractivity contribution in [2.75, 3.05) is 6.54 Å². The number of ether oxygens (including phenoxy) is 1. The Labute approximate surface area is 123 Å². The normalized spacial score (nSPS) is 32.8. The molecule has 2 N–H and O–H groups in total. The molecule has 0 aromatic carbocycles. The predicted octanol–water partition coefficient (Wildman–Crippen LogP) is 3.51. The maximum absolute atomic E-state index is 12.3. The van der Waals surface area contributed by atoms with E-state index in [1.54, 1.807) is 0 Å². The van der Waals surface area contributed by atoms with Crippen LogP contribution in [-0.2, 0) is 9.53 Å². The molecule has 20 heavy (non-hydrogen) atoms. The minimum Gasteiger partial charge on any atom is -0.462 e. The van der Waals surface area contributed by atoms with Gasteiger partial charge in [0.1, 0.15) is 6.10 Å². The van der Waals surface area contributed by atoms with Gasteiger partial charge >= 0.3 is 5.97 Å². The van der Waals surface area contributed by atoms with Crippen LogP contribution in [0.25, 0.3) is 0 Å². The minimum atomic E-state index is -0.0140. The third kappa shape index (κ3) is 3.55. The van der Waals surface area contributed by atoms with Crippen LogP contribution < -0.4 is 5.73 Å². The average Bonchev–Trinajstić information content (AvgIpc) is 2.33. The Morgan fingerprint density at radius 3 is 2.55 bits per heavy atom. The fraction of sp³-hybridized carbons (Fsp3) is 0.941. The van der Waals surface area contributed by atoms with E-state index in [2.05, 4.69) is 20.8 Å². The Kier molecular flexibility index (Phi) is 5.11. The summed E-state index contributed by atoms with van der Waals surface area (Å²) in [6, 6.07) is 0. The topological polar surface area (TPSA) is 52.3 Å². The van der Waals surface area contributed by atoms with Gasteiger partial charge in [-0.25, -0.2) is 0 Å². The summed E-state index contributed by atoms with van der Waals surface area (Å²) < 4.78 is 5.87. The van der Waals surface area contributed by atoms with Crippen LogP contribution in [0.3, 0.4) is 0 Å². The first kappa shape index (κ1) is 15.8. The van der Waals surface area contributed by atoms with Crippen LogP contribution in [0.4, 0.5) is 0 Å². The minimum absolute atomic E-state index is 0.0140. The molecule has 3 heteroatoms. The number of esters is 1. The van der Waals surface area contributed by atoms with Crippen LogP contribution in [-0.4, -0.2) is 18.6 Å². The van der Waals surface area contributed by atoms with Crippen LogP contribution in [0, 0.1) is 23.2 Å². The molecule has 2 rings (SSSR count). The van der Waals surface area contributed by atoms with Crippen molar-refractivity contribution in [1.29, 1.82) is 0 Å². The summed E-state index contributed by atoms with van der Waals surface area (Å²) in [6.45, 7) is 7.38. The van der Waals surface area contributed by atoms with Gasteiger partial charge in [-0.05, 0) is 55.4 Å². The van der Waals surface area contributed by atoms with Crippen LogP contribution in [0.2, 0.25) is 0 Å². The molecule has 2 fully saturated rings. The standard InChI is InChI=1S/C17H31NO2/c1-12(2)14-6-5-13(3)9-15(14)20-16(19)10-17(11-18)7-4-8-17/h12-15H,4-11,18H2,1-3H3. The molecule has 2 saturated carbocycles. The summed E-state index contributed by atoms with van der Waals surface area (Å²) in [5, 5.41) is 0. The van der Waals surface area contributed by atoms with Gasteiger partial charge in [0.25, 0.3) is 0 Å². The number of nitrogens with two attached hydrogens (primary N) is 1. The van der Waals surface area contributed by atoms with Crippen molar-refractivity contribution < 1.29 is 9.53 Å². The zero-order valence-electron chi connectivity index (χ0n) is 13.4. The third-order valence-electron chi connectivity index (χ3n) is 5.61. The fourth-order valence-corrected chi connectivity index (χ4v) is 3.90. The van der Waals surface area contributed by atoms with Crippen LogP contribution >= 0.6 is 0 Å². The third-order valence-corrected chi connectivity index (χ3v) is 5.61. The number of carbonyl (C=O) groups is 1. The van der Waals surface area contributed by atoms with E-state index >= 15 is 0 Å². The number of carbonyl (C=O) groups excluding carboxylic acids is 1. The average molecular weight is 281 g/mol. The molecule has 0 saturated heterocycles. The largest absolute Gasteiger partial charge is 0.462 e. The summed E-state index contributed by atoms with van der Waals surface area (Å²) >= 11 is 0. The van der Waals surface area contributed by atoms with E-state index < -0.39 is 0 Å². The zero-order valence-corrected chi connectivity index (χ0v) is 13.4. The second kappa shape index (κ2) is 6.46. The quantitative estimate of drug-likeness (QED) is 0.785. The molecule has 0 spiro atoms. The van der Waals surface area contributed by atoms with E-state index in [-0.39, 0.29) is 17.5 Å². The summed E-state index contributed by atoms with van der Waals surface area (Å²) in [7, 11) is 0. The van der Waals surface area contributed by atoms with Gasteiger partial charge in [0, 0.05) is 0 Å². The molecule has 3 atom stereocenters. The highest BCUT2D eigenvalue weighted by Gasteiger charge is 2.40. The lowest BCUT2D eigenvalue weighted by molar-refractivity contribution is -0.160. The number of hydrogen-bond acceptors (Lipinski definition) is 3. The maximum atomic E-state index is 12.3. The van der Waals surface area contributed by atoms with E-state index in [4.69, 9.17) is 10.5 Å². The van der Waals surface area contributed by atoms with E-state index in [0.29, 0.717) is 30.7 Å². The number of rotatable bonds is 5. The molecule has 0 amide bonds. The lowest BCUT2D eigenvalue weighted by Gasteiger charge is -2.41. The second-order valence-electron chi connectivity index (χ2n) is 7.59.